The molecule has 2 aliphatic heterocycles. The first-order valence-corrected chi connectivity index (χ1v) is 5.73. The van der Waals surface area contributed by atoms with Gasteiger partial charge in [0.15, 0.2) is 0 Å². The van der Waals surface area contributed by atoms with E-state index in [0.29, 0.717) is 26.3 Å². The molecule has 7 nitrogen and oxygen atoms in total. The molecule has 0 aliphatic carbocycles. The van der Waals surface area contributed by atoms with Gasteiger partial charge in [0.2, 0.25) is 5.79 Å². The molecule has 0 aromatic rings. The second-order valence-corrected chi connectivity index (χ2v) is 4.55. The van der Waals surface area contributed by atoms with Crippen LogP contribution < -0.4 is 0 Å². The average molecular weight is 249 g/mol. The molecule has 100 valence electrons. The lowest BCUT2D eigenvalue weighted by molar-refractivity contribution is -0.326. The third kappa shape index (κ3) is 2.76. The van der Waals surface area contributed by atoms with E-state index < -0.39 is 24.1 Å². The number of hydrogen-bond donors (Lipinski definition) is 4. The van der Waals surface area contributed by atoms with E-state index in [0.717, 1.165) is 0 Å². The summed E-state index contributed by atoms with van der Waals surface area (Å²) < 4.78 is 10.2. The Bertz CT molecular complexity index is 259. The number of nitrogens with zero attached hydrogens (tertiary/aromatic N) is 1. The summed E-state index contributed by atoms with van der Waals surface area (Å²) in [4.78, 5) is 1.89. The van der Waals surface area contributed by atoms with Gasteiger partial charge in [-0.1, -0.05) is 0 Å². The number of ether oxygens (including phenoxy) is 2. The minimum absolute atomic E-state index is 0.0846. The van der Waals surface area contributed by atoms with Crippen LogP contribution in [0.3, 0.4) is 0 Å². The monoisotopic (exact) mass is 249 g/mol. The third-order valence-corrected chi connectivity index (χ3v) is 3.24. The fourth-order valence-corrected chi connectivity index (χ4v) is 2.11. The van der Waals surface area contributed by atoms with Crippen LogP contribution in [0.2, 0.25) is 0 Å². The topological polar surface area (TPSA) is 103 Å². The highest BCUT2D eigenvalue weighted by Gasteiger charge is 2.49. The maximum Gasteiger partial charge on any atom is 0.207 e. The number of aliphatic hydroxyl groups excluding tert-OH is 3. The minimum atomic E-state index is -1.84. The van der Waals surface area contributed by atoms with E-state index in [1.165, 1.54) is 0 Å². The van der Waals surface area contributed by atoms with Gasteiger partial charge in [0.1, 0.15) is 18.3 Å². The summed E-state index contributed by atoms with van der Waals surface area (Å²) in [5.74, 6) is -1.84. The summed E-state index contributed by atoms with van der Waals surface area (Å²) in [5.41, 5.74) is 0. The summed E-state index contributed by atoms with van der Waals surface area (Å²) in [6.45, 7) is 2.29. The van der Waals surface area contributed by atoms with Crippen molar-refractivity contribution in [3.05, 3.63) is 0 Å². The van der Waals surface area contributed by atoms with Crippen LogP contribution >= 0.6 is 0 Å². The summed E-state index contributed by atoms with van der Waals surface area (Å²) in [6, 6.07) is 0. The van der Waals surface area contributed by atoms with Gasteiger partial charge in [-0.05, 0) is 0 Å². The summed E-state index contributed by atoms with van der Waals surface area (Å²) >= 11 is 0. The molecule has 0 saturated carbocycles. The standard InChI is InChI=1S/C10H19NO6/c12-7-5-17-10(15,9(14)8(7)13)6-11-1-3-16-4-2-11/h7-9,12-15H,1-6H2. The van der Waals surface area contributed by atoms with Crippen LogP contribution in [0.1, 0.15) is 0 Å². The Morgan fingerprint density at radius 1 is 1.18 bits per heavy atom. The second-order valence-electron chi connectivity index (χ2n) is 4.55. The molecule has 2 aliphatic rings. The number of aliphatic hydroxyl groups is 4. The van der Waals surface area contributed by atoms with Crippen LogP contribution in [0.15, 0.2) is 0 Å². The molecule has 4 unspecified atom stereocenters. The molecule has 0 amide bonds. The molecule has 17 heavy (non-hydrogen) atoms. The lowest BCUT2D eigenvalue weighted by atomic mass is 9.96. The molecule has 4 N–H and O–H groups in total. The highest BCUT2D eigenvalue weighted by atomic mass is 16.6. The van der Waals surface area contributed by atoms with E-state index in [9.17, 15) is 20.4 Å². The highest BCUT2D eigenvalue weighted by Crippen LogP contribution is 2.25. The Hall–Kier alpha value is -0.280. The lowest BCUT2D eigenvalue weighted by Crippen LogP contribution is -2.65. The molecular formula is C10H19NO6. The van der Waals surface area contributed by atoms with Crippen molar-refractivity contribution in [1.29, 1.82) is 0 Å². The maximum absolute atomic E-state index is 10.2. The Kier molecular flexibility index (Phi) is 3.99. The fourth-order valence-electron chi connectivity index (χ4n) is 2.11. The van der Waals surface area contributed by atoms with E-state index >= 15 is 0 Å². The zero-order valence-corrected chi connectivity index (χ0v) is 9.53. The molecule has 0 radical (unpaired) electrons. The number of morpholine rings is 1. The van der Waals surface area contributed by atoms with E-state index in [4.69, 9.17) is 9.47 Å². The van der Waals surface area contributed by atoms with Gasteiger partial charge in [-0.2, -0.15) is 0 Å². The van der Waals surface area contributed by atoms with Gasteiger partial charge in [-0.15, -0.1) is 0 Å². The Balaban J connectivity index is 1.97. The second kappa shape index (κ2) is 5.15. The zero-order valence-electron chi connectivity index (χ0n) is 9.53. The smallest absolute Gasteiger partial charge is 0.207 e. The predicted molar refractivity (Wildman–Crippen MR) is 56.2 cm³/mol. The number of rotatable bonds is 2. The van der Waals surface area contributed by atoms with Crippen LogP contribution in [0.25, 0.3) is 0 Å². The first-order valence-electron chi connectivity index (χ1n) is 5.73. The molecule has 0 aromatic carbocycles. The zero-order chi connectivity index (χ0) is 12.5. The first-order chi connectivity index (χ1) is 8.03. The average Bonchev–Trinajstić information content (AvgIpc) is 2.34. The Morgan fingerprint density at radius 3 is 2.47 bits per heavy atom. The molecule has 2 fully saturated rings. The molecule has 0 bridgehead atoms. The molecule has 2 rings (SSSR count). The predicted octanol–water partition coefficient (Wildman–Crippen LogP) is -2.88. The van der Waals surface area contributed by atoms with Crippen molar-refractivity contribution < 1.29 is 29.9 Å². The summed E-state index contributed by atoms with van der Waals surface area (Å²) in [5, 5.41) is 38.7. The summed E-state index contributed by atoms with van der Waals surface area (Å²) in [6.07, 6.45) is -4.08. The Labute approximate surface area is 99.2 Å². The SMILES string of the molecule is OC1COC(O)(CN2CCOCC2)C(O)C1O. The summed E-state index contributed by atoms with van der Waals surface area (Å²) in [7, 11) is 0. The van der Waals surface area contributed by atoms with Crippen molar-refractivity contribution in [3.8, 4) is 0 Å². The maximum atomic E-state index is 10.2. The van der Waals surface area contributed by atoms with Gasteiger partial charge in [-0.25, -0.2) is 0 Å². The van der Waals surface area contributed by atoms with Gasteiger partial charge in [0.05, 0.1) is 26.4 Å². The highest BCUT2D eigenvalue weighted by molar-refractivity contribution is 4.93. The van der Waals surface area contributed by atoms with Gasteiger partial charge in [-0.3, -0.25) is 4.90 Å². The number of hydrogen-bond acceptors (Lipinski definition) is 7. The molecule has 2 heterocycles. The molecule has 7 heteroatoms. The van der Waals surface area contributed by atoms with Crippen LogP contribution in [0.4, 0.5) is 0 Å². The van der Waals surface area contributed by atoms with Crippen molar-refractivity contribution in [3.63, 3.8) is 0 Å². The van der Waals surface area contributed by atoms with Crippen molar-refractivity contribution in [2.75, 3.05) is 39.5 Å². The van der Waals surface area contributed by atoms with Gasteiger partial charge in [0, 0.05) is 13.1 Å². The van der Waals surface area contributed by atoms with Gasteiger partial charge < -0.3 is 29.9 Å². The molecular weight excluding hydrogens is 230 g/mol. The molecule has 2 saturated heterocycles. The molecule has 0 aromatic heterocycles. The fraction of sp³-hybridized carbons (Fsp3) is 1.00. The van der Waals surface area contributed by atoms with Crippen LogP contribution in [-0.4, -0.2) is 88.9 Å². The van der Waals surface area contributed by atoms with Gasteiger partial charge >= 0.3 is 0 Å². The van der Waals surface area contributed by atoms with E-state index in [1.807, 2.05) is 4.90 Å². The van der Waals surface area contributed by atoms with Crippen molar-refractivity contribution in [2.45, 2.75) is 24.1 Å². The normalized spacial score (nSPS) is 44.8. The number of β-amino-alcohol motifs (C(OH)–C–C–N with tert-alkyl or cyclic N) is 1. The first kappa shape index (κ1) is 13.2. The van der Waals surface area contributed by atoms with Crippen LogP contribution in [0, 0.1) is 0 Å². The Morgan fingerprint density at radius 2 is 1.82 bits per heavy atom. The van der Waals surface area contributed by atoms with Crippen molar-refractivity contribution in [1.82, 2.24) is 4.90 Å². The lowest BCUT2D eigenvalue weighted by Gasteiger charge is -2.44. The van der Waals surface area contributed by atoms with Crippen LogP contribution in [0.5, 0.6) is 0 Å². The minimum Gasteiger partial charge on any atom is -0.388 e. The van der Waals surface area contributed by atoms with E-state index in [1.54, 1.807) is 0 Å². The molecule has 4 atom stereocenters. The quantitative estimate of drug-likeness (QED) is 0.417. The third-order valence-electron chi connectivity index (χ3n) is 3.24. The van der Waals surface area contributed by atoms with Crippen molar-refractivity contribution >= 4 is 0 Å². The van der Waals surface area contributed by atoms with Crippen molar-refractivity contribution in [2.24, 2.45) is 0 Å². The van der Waals surface area contributed by atoms with E-state index in [2.05, 4.69) is 0 Å². The van der Waals surface area contributed by atoms with Gasteiger partial charge in [0.25, 0.3) is 0 Å². The van der Waals surface area contributed by atoms with Crippen LogP contribution in [-0.2, 0) is 9.47 Å². The molecule has 0 spiro atoms. The van der Waals surface area contributed by atoms with E-state index in [-0.39, 0.29) is 13.2 Å². The largest absolute Gasteiger partial charge is 0.388 e.